The van der Waals surface area contributed by atoms with Gasteiger partial charge in [-0.2, -0.15) is 5.10 Å². The van der Waals surface area contributed by atoms with E-state index in [4.69, 9.17) is 4.74 Å². The Morgan fingerprint density at radius 2 is 2.00 bits per heavy atom. The van der Waals surface area contributed by atoms with E-state index in [1.54, 1.807) is 6.07 Å². The lowest BCUT2D eigenvalue weighted by atomic mass is 9.93. The van der Waals surface area contributed by atoms with E-state index in [1.165, 1.54) is 4.90 Å². The second-order valence-corrected chi connectivity index (χ2v) is 11.5. The zero-order chi connectivity index (χ0) is 27.0. The summed E-state index contributed by atoms with van der Waals surface area (Å²) in [7, 11) is 0. The molecule has 0 spiro atoms. The van der Waals surface area contributed by atoms with E-state index < -0.39 is 0 Å². The van der Waals surface area contributed by atoms with Gasteiger partial charge in [-0.1, -0.05) is 6.07 Å². The normalized spacial score (nSPS) is 23.1. The van der Waals surface area contributed by atoms with E-state index >= 15 is 0 Å². The smallest absolute Gasteiger partial charge is 0.263 e. The molecule has 0 saturated carbocycles. The number of carbonyl (C=O) groups excluding carboxylic acids is 3. The summed E-state index contributed by atoms with van der Waals surface area (Å²) in [6.07, 6.45) is 3.75. The van der Waals surface area contributed by atoms with Gasteiger partial charge in [0, 0.05) is 44.5 Å². The van der Waals surface area contributed by atoms with Crippen molar-refractivity contribution in [3.05, 3.63) is 46.8 Å². The zero-order valence-electron chi connectivity index (χ0n) is 23.0. The van der Waals surface area contributed by atoms with Crippen LogP contribution in [0, 0.1) is 19.8 Å². The highest BCUT2D eigenvalue weighted by molar-refractivity contribution is 6.24. The molecule has 5 rings (SSSR count). The van der Waals surface area contributed by atoms with Gasteiger partial charge >= 0.3 is 0 Å². The van der Waals surface area contributed by atoms with Crippen molar-refractivity contribution in [3.63, 3.8) is 0 Å². The van der Waals surface area contributed by atoms with Crippen molar-refractivity contribution in [2.24, 2.45) is 5.92 Å². The van der Waals surface area contributed by atoms with Gasteiger partial charge in [0.15, 0.2) is 0 Å². The molecule has 2 aromatic rings. The molecule has 38 heavy (non-hydrogen) atoms. The molecule has 2 unspecified atom stereocenters. The minimum Gasteiger partial charge on any atom is -0.375 e. The number of nitrogens with zero attached hydrogens (tertiary/aromatic N) is 4. The van der Waals surface area contributed by atoms with E-state index in [-0.39, 0.29) is 35.3 Å². The summed E-state index contributed by atoms with van der Waals surface area (Å²) in [6.45, 7) is 11.2. The number of piperidine rings is 1. The Morgan fingerprint density at radius 1 is 1.18 bits per heavy atom. The van der Waals surface area contributed by atoms with Gasteiger partial charge < -0.3 is 15.0 Å². The Kier molecular flexibility index (Phi) is 7.31. The molecule has 0 aliphatic carbocycles. The zero-order valence-corrected chi connectivity index (χ0v) is 23.0. The van der Waals surface area contributed by atoms with Gasteiger partial charge in [-0.15, -0.1) is 0 Å². The monoisotopic (exact) mass is 521 g/mol. The maximum absolute atomic E-state index is 13.7. The second kappa shape index (κ2) is 10.5. The molecule has 204 valence electrons. The second-order valence-electron chi connectivity index (χ2n) is 11.5. The molecular weight excluding hydrogens is 482 g/mol. The fourth-order valence-electron chi connectivity index (χ4n) is 6.20. The average molecular weight is 522 g/mol. The Bertz CT molecular complexity index is 1240. The molecule has 2 atom stereocenters. The van der Waals surface area contributed by atoms with E-state index in [2.05, 4.69) is 21.4 Å². The summed E-state index contributed by atoms with van der Waals surface area (Å²) in [4.78, 5) is 43.6. The molecule has 1 aromatic heterocycles. The fourth-order valence-corrected chi connectivity index (χ4v) is 6.20. The predicted octanol–water partition coefficient (Wildman–Crippen LogP) is 3.48. The van der Waals surface area contributed by atoms with Gasteiger partial charge in [-0.25, -0.2) is 0 Å². The van der Waals surface area contributed by atoms with Crippen LogP contribution in [0.3, 0.4) is 0 Å². The van der Waals surface area contributed by atoms with Crippen LogP contribution in [-0.4, -0.2) is 70.3 Å². The van der Waals surface area contributed by atoms with Crippen molar-refractivity contribution < 1.29 is 19.1 Å². The maximum atomic E-state index is 13.7. The Balaban J connectivity index is 1.24. The summed E-state index contributed by atoms with van der Waals surface area (Å²) in [5.74, 6) is -0.556. The third-order valence-electron chi connectivity index (χ3n) is 8.04. The summed E-state index contributed by atoms with van der Waals surface area (Å²) in [5.41, 5.74) is 3.46. The highest BCUT2D eigenvalue weighted by Gasteiger charge is 2.45. The standard InChI is InChI=1S/C29H39N5O4/c1-19-16-20(2)33(31-19)14-7-12-30-26(35)21-8-6-13-32(18-21)24-10-5-9-23-25(24)28(37)34(27(23)36)22-11-15-38-29(3,4)17-22/h5,9-10,16,21-22H,6-8,11-15,17-18H2,1-4H3,(H,30,35). The van der Waals surface area contributed by atoms with Crippen molar-refractivity contribution in [2.75, 3.05) is 31.1 Å². The molecule has 0 bridgehead atoms. The molecule has 1 aromatic carbocycles. The van der Waals surface area contributed by atoms with Crippen molar-refractivity contribution in [2.45, 2.75) is 78.0 Å². The van der Waals surface area contributed by atoms with E-state index in [1.807, 2.05) is 44.5 Å². The van der Waals surface area contributed by atoms with Crippen LogP contribution in [0.1, 0.15) is 78.1 Å². The lowest BCUT2D eigenvalue weighted by molar-refractivity contribution is -0.125. The van der Waals surface area contributed by atoms with E-state index in [0.717, 1.165) is 49.4 Å². The highest BCUT2D eigenvalue weighted by atomic mass is 16.5. The van der Waals surface area contributed by atoms with Gasteiger partial charge in [0.05, 0.1) is 34.0 Å². The molecule has 9 heteroatoms. The van der Waals surface area contributed by atoms with Crippen LogP contribution in [0.2, 0.25) is 0 Å². The molecule has 2 saturated heterocycles. The molecule has 0 radical (unpaired) electrons. The van der Waals surface area contributed by atoms with Gasteiger partial charge in [0.25, 0.3) is 11.8 Å². The first-order valence-electron chi connectivity index (χ1n) is 13.8. The largest absolute Gasteiger partial charge is 0.375 e. The SMILES string of the molecule is Cc1cc(C)n(CCCNC(=O)C2CCCN(c3cccc4c3C(=O)N(C3CCOC(C)(C)C3)C4=O)C2)n1. The van der Waals surface area contributed by atoms with Gasteiger partial charge in [-0.05, 0) is 78.0 Å². The first-order chi connectivity index (χ1) is 18.1. The first kappa shape index (κ1) is 26.4. The Labute approximate surface area is 224 Å². The summed E-state index contributed by atoms with van der Waals surface area (Å²) in [5, 5.41) is 7.58. The van der Waals surface area contributed by atoms with Crippen LogP contribution in [-0.2, 0) is 16.1 Å². The van der Waals surface area contributed by atoms with Crippen LogP contribution < -0.4 is 10.2 Å². The van der Waals surface area contributed by atoms with Crippen LogP contribution in [0.5, 0.6) is 0 Å². The molecule has 3 amide bonds. The molecule has 4 heterocycles. The first-order valence-corrected chi connectivity index (χ1v) is 13.8. The fraction of sp³-hybridized carbons (Fsp3) is 0.586. The highest BCUT2D eigenvalue weighted by Crippen LogP contribution is 2.38. The number of carbonyl (C=O) groups is 3. The molecular formula is C29H39N5O4. The molecule has 9 nitrogen and oxygen atoms in total. The van der Waals surface area contributed by atoms with Gasteiger partial charge in [0.1, 0.15) is 0 Å². The molecule has 1 N–H and O–H groups in total. The number of benzene rings is 1. The summed E-state index contributed by atoms with van der Waals surface area (Å²) in [6, 6.07) is 7.39. The topological polar surface area (TPSA) is 96.8 Å². The minimum atomic E-state index is -0.370. The minimum absolute atomic E-state index is 0.0455. The van der Waals surface area contributed by atoms with Crippen LogP contribution in [0.4, 0.5) is 5.69 Å². The van der Waals surface area contributed by atoms with Gasteiger partial charge in [-0.3, -0.25) is 24.0 Å². The quantitative estimate of drug-likeness (QED) is 0.443. The third kappa shape index (κ3) is 5.21. The molecule has 2 fully saturated rings. The van der Waals surface area contributed by atoms with Crippen molar-refractivity contribution in [1.82, 2.24) is 20.0 Å². The lowest BCUT2D eigenvalue weighted by Crippen LogP contribution is -2.48. The van der Waals surface area contributed by atoms with Crippen molar-refractivity contribution >= 4 is 23.4 Å². The number of aryl methyl sites for hydroxylation is 3. The number of nitrogens with one attached hydrogen (secondary N) is 1. The van der Waals surface area contributed by atoms with Crippen molar-refractivity contribution in [3.8, 4) is 0 Å². The predicted molar refractivity (Wildman–Crippen MR) is 144 cm³/mol. The molecule has 3 aliphatic heterocycles. The van der Waals surface area contributed by atoms with E-state index in [0.29, 0.717) is 43.7 Å². The number of rotatable bonds is 7. The van der Waals surface area contributed by atoms with Crippen LogP contribution in [0.15, 0.2) is 24.3 Å². The average Bonchev–Trinajstić information content (AvgIpc) is 3.34. The number of hydrogen-bond donors (Lipinski definition) is 1. The number of imide groups is 1. The Morgan fingerprint density at radius 3 is 2.74 bits per heavy atom. The Hall–Kier alpha value is -3.20. The number of hydrogen-bond acceptors (Lipinski definition) is 6. The number of anilines is 1. The number of ether oxygens (including phenoxy) is 1. The third-order valence-corrected chi connectivity index (χ3v) is 8.04. The van der Waals surface area contributed by atoms with Gasteiger partial charge in [0.2, 0.25) is 5.91 Å². The number of fused-ring (bicyclic) bond motifs is 1. The molecule has 3 aliphatic rings. The summed E-state index contributed by atoms with van der Waals surface area (Å²) < 4.78 is 7.79. The summed E-state index contributed by atoms with van der Waals surface area (Å²) >= 11 is 0. The van der Waals surface area contributed by atoms with Crippen molar-refractivity contribution in [1.29, 1.82) is 0 Å². The maximum Gasteiger partial charge on any atom is 0.263 e. The van der Waals surface area contributed by atoms with E-state index in [9.17, 15) is 14.4 Å². The lowest BCUT2D eigenvalue weighted by Gasteiger charge is -2.39. The number of amides is 3. The number of aromatic nitrogens is 2. The van der Waals surface area contributed by atoms with Crippen LogP contribution in [0.25, 0.3) is 0 Å². The van der Waals surface area contributed by atoms with Crippen LogP contribution >= 0.6 is 0 Å².